The molecule has 0 saturated carbocycles. The number of hydrogen-bond acceptors (Lipinski definition) is 4. The van der Waals surface area contributed by atoms with Gasteiger partial charge in [-0.25, -0.2) is 14.4 Å². The number of hydrogen-bond donors (Lipinski definition) is 1. The summed E-state index contributed by atoms with van der Waals surface area (Å²) in [6.07, 6.45) is 2.68. The fraction of sp³-hybridized carbons (Fsp3) is 0.267. The minimum Gasteiger partial charge on any atom is -0.480 e. The summed E-state index contributed by atoms with van der Waals surface area (Å²) >= 11 is 0. The highest BCUT2D eigenvalue weighted by Gasteiger charge is 2.12. The predicted molar refractivity (Wildman–Crippen MR) is 77.0 cm³/mol. The van der Waals surface area contributed by atoms with Crippen molar-refractivity contribution in [3.05, 3.63) is 47.7 Å². The van der Waals surface area contributed by atoms with Crippen LogP contribution in [0.5, 0.6) is 5.88 Å². The number of aromatic nitrogens is 2. The quantitative estimate of drug-likeness (QED) is 0.939. The molecular weight excluding hydrogens is 273 g/mol. The summed E-state index contributed by atoms with van der Waals surface area (Å²) < 4.78 is 18.5. The number of nitrogens with one attached hydrogen (secondary N) is 1. The monoisotopic (exact) mass is 289 g/mol. The van der Waals surface area contributed by atoms with E-state index in [0.717, 1.165) is 0 Å². The minimum atomic E-state index is -0.411. The first-order chi connectivity index (χ1) is 10.0. The van der Waals surface area contributed by atoms with Gasteiger partial charge in [-0.05, 0) is 29.7 Å². The topological polar surface area (TPSA) is 64.1 Å². The van der Waals surface area contributed by atoms with Crippen LogP contribution >= 0.6 is 0 Å². The molecule has 0 radical (unpaired) electrons. The third kappa shape index (κ3) is 3.53. The van der Waals surface area contributed by atoms with Crippen LogP contribution < -0.4 is 10.1 Å². The maximum Gasteiger partial charge on any atom is 0.275 e. The molecule has 0 bridgehead atoms. The fourth-order valence-corrected chi connectivity index (χ4v) is 1.80. The van der Waals surface area contributed by atoms with E-state index in [4.69, 9.17) is 4.74 Å². The van der Waals surface area contributed by atoms with Gasteiger partial charge in [0.2, 0.25) is 5.88 Å². The Morgan fingerprint density at radius 1 is 1.29 bits per heavy atom. The summed E-state index contributed by atoms with van der Waals surface area (Å²) in [6.45, 7) is 3.78. The number of anilines is 1. The summed E-state index contributed by atoms with van der Waals surface area (Å²) in [5.41, 5.74) is 1.22. The van der Waals surface area contributed by atoms with Crippen LogP contribution in [0.3, 0.4) is 0 Å². The maximum absolute atomic E-state index is 13.6. The van der Waals surface area contributed by atoms with Crippen LogP contribution in [0.2, 0.25) is 0 Å². The number of amides is 1. The van der Waals surface area contributed by atoms with Gasteiger partial charge in [-0.3, -0.25) is 4.79 Å². The average Bonchev–Trinajstić information content (AvgIpc) is 2.49. The molecule has 1 N–H and O–H groups in total. The molecule has 0 aliphatic heterocycles. The predicted octanol–water partition coefficient (Wildman–Crippen LogP) is 3.00. The summed E-state index contributed by atoms with van der Waals surface area (Å²) in [5, 5.41) is 2.67. The van der Waals surface area contributed by atoms with Gasteiger partial charge in [-0.1, -0.05) is 13.8 Å². The van der Waals surface area contributed by atoms with Gasteiger partial charge in [-0.15, -0.1) is 0 Å². The third-order valence-corrected chi connectivity index (χ3v) is 2.95. The van der Waals surface area contributed by atoms with Crippen LogP contribution in [-0.4, -0.2) is 23.0 Å². The molecule has 1 heterocycles. The second kappa shape index (κ2) is 6.30. The lowest BCUT2D eigenvalue weighted by molar-refractivity contribution is 0.102. The SMILES string of the molecule is COc1cnc(C(=O)Nc2ccc(F)c(C(C)C)c2)cn1. The van der Waals surface area contributed by atoms with E-state index in [-0.39, 0.29) is 17.4 Å². The molecule has 2 aromatic rings. The Balaban J connectivity index is 2.17. The lowest BCUT2D eigenvalue weighted by atomic mass is 10.0. The molecule has 0 spiro atoms. The maximum atomic E-state index is 13.6. The molecule has 6 heteroatoms. The van der Waals surface area contributed by atoms with Gasteiger partial charge in [0.25, 0.3) is 5.91 Å². The first-order valence-electron chi connectivity index (χ1n) is 6.48. The Labute approximate surface area is 122 Å². The molecule has 1 amide bonds. The first-order valence-corrected chi connectivity index (χ1v) is 6.48. The van der Waals surface area contributed by atoms with Crippen molar-refractivity contribution in [1.29, 1.82) is 0 Å². The highest BCUT2D eigenvalue weighted by atomic mass is 19.1. The highest BCUT2D eigenvalue weighted by molar-refractivity contribution is 6.02. The Bertz CT molecular complexity index is 642. The summed E-state index contributed by atoms with van der Waals surface area (Å²) in [6, 6.07) is 4.47. The van der Waals surface area contributed by atoms with Crippen LogP contribution in [0, 0.1) is 5.82 Å². The molecule has 110 valence electrons. The average molecular weight is 289 g/mol. The normalized spacial score (nSPS) is 10.5. The van der Waals surface area contributed by atoms with Crippen LogP contribution in [0.1, 0.15) is 35.8 Å². The molecule has 0 unspecified atom stereocenters. The van der Waals surface area contributed by atoms with Crippen LogP contribution in [-0.2, 0) is 0 Å². The lowest BCUT2D eigenvalue weighted by Crippen LogP contribution is -2.14. The molecule has 0 aliphatic carbocycles. The van der Waals surface area contributed by atoms with Crippen molar-refractivity contribution in [2.24, 2.45) is 0 Å². The van der Waals surface area contributed by atoms with E-state index in [1.54, 1.807) is 6.07 Å². The number of rotatable bonds is 4. The number of carbonyl (C=O) groups excluding carboxylic acids is 1. The Morgan fingerprint density at radius 2 is 2.05 bits per heavy atom. The smallest absolute Gasteiger partial charge is 0.275 e. The number of ether oxygens (including phenoxy) is 1. The van der Waals surface area contributed by atoms with E-state index in [0.29, 0.717) is 17.1 Å². The van der Waals surface area contributed by atoms with Crippen molar-refractivity contribution in [2.75, 3.05) is 12.4 Å². The van der Waals surface area contributed by atoms with Gasteiger partial charge in [0.1, 0.15) is 11.5 Å². The summed E-state index contributed by atoms with van der Waals surface area (Å²) in [7, 11) is 1.47. The third-order valence-electron chi connectivity index (χ3n) is 2.95. The van der Waals surface area contributed by atoms with Crippen molar-refractivity contribution >= 4 is 11.6 Å². The number of methoxy groups -OCH3 is 1. The molecule has 0 aliphatic rings. The molecule has 1 aromatic heterocycles. The van der Waals surface area contributed by atoms with Gasteiger partial charge in [0.05, 0.1) is 19.5 Å². The number of nitrogens with zero attached hydrogens (tertiary/aromatic N) is 2. The van der Waals surface area contributed by atoms with E-state index in [1.807, 2.05) is 13.8 Å². The summed E-state index contributed by atoms with van der Waals surface area (Å²) in [5.74, 6) is -0.336. The van der Waals surface area contributed by atoms with Crippen molar-refractivity contribution < 1.29 is 13.9 Å². The Morgan fingerprint density at radius 3 is 2.62 bits per heavy atom. The summed E-state index contributed by atoms with van der Waals surface area (Å²) in [4.78, 5) is 19.9. The number of halogens is 1. The zero-order valence-corrected chi connectivity index (χ0v) is 12.1. The molecule has 0 fully saturated rings. The number of benzene rings is 1. The highest BCUT2D eigenvalue weighted by Crippen LogP contribution is 2.22. The van der Waals surface area contributed by atoms with Crippen LogP contribution in [0.25, 0.3) is 0 Å². The van der Waals surface area contributed by atoms with E-state index in [2.05, 4.69) is 15.3 Å². The molecule has 1 aromatic carbocycles. The molecule has 21 heavy (non-hydrogen) atoms. The zero-order chi connectivity index (χ0) is 15.4. The Kier molecular flexibility index (Phi) is 4.47. The van der Waals surface area contributed by atoms with Crippen molar-refractivity contribution in [1.82, 2.24) is 9.97 Å². The molecule has 0 saturated heterocycles. The molecule has 2 rings (SSSR count). The molecular formula is C15H16FN3O2. The van der Waals surface area contributed by atoms with E-state index in [1.165, 1.54) is 31.6 Å². The van der Waals surface area contributed by atoms with E-state index in [9.17, 15) is 9.18 Å². The second-order valence-corrected chi connectivity index (χ2v) is 4.79. The van der Waals surface area contributed by atoms with Gasteiger partial charge < -0.3 is 10.1 Å². The zero-order valence-electron chi connectivity index (χ0n) is 12.1. The van der Waals surface area contributed by atoms with Gasteiger partial charge in [-0.2, -0.15) is 0 Å². The van der Waals surface area contributed by atoms with Gasteiger partial charge in [0.15, 0.2) is 0 Å². The van der Waals surface area contributed by atoms with Crippen LogP contribution in [0.4, 0.5) is 10.1 Å². The largest absolute Gasteiger partial charge is 0.480 e. The standard InChI is InChI=1S/C15H16FN3O2/c1-9(2)11-6-10(4-5-12(11)16)19-15(20)13-7-18-14(21-3)8-17-13/h4-9H,1-3H3,(H,19,20). The second-order valence-electron chi connectivity index (χ2n) is 4.79. The van der Waals surface area contributed by atoms with Crippen LogP contribution in [0.15, 0.2) is 30.6 Å². The number of carbonyl (C=O) groups is 1. The van der Waals surface area contributed by atoms with Crippen molar-refractivity contribution in [3.8, 4) is 5.88 Å². The minimum absolute atomic E-state index is 0.0302. The molecule has 0 atom stereocenters. The van der Waals surface area contributed by atoms with E-state index < -0.39 is 5.91 Å². The fourth-order valence-electron chi connectivity index (χ4n) is 1.80. The first kappa shape index (κ1) is 14.9. The van der Waals surface area contributed by atoms with Crippen molar-refractivity contribution in [2.45, 2.75) is 19.8 Å². The van der Waals surface area contributed by atoms with Crippen molar-refractivity contribution in [3.63, 3.8) is 0 Å². The Hall–Kier alpha value is -2.50. The lowest BCUT2D eigenvalue weighted by Gasteiger charge is -2.10. The van der Waals surface area contributed by atoms with Gasteiger partial charge in [0, 0.05) is 5.69 Å². The van der Waals surface area contributed by atoms with Gasteiger partial charge >= 0.3 is 0 Å². The van der Waals surface area contributed by atoms with E-state index >= 15 is 0 Å². The molecule has 5 nitrogen and oxygen atoms in total.